The molecule has 1 aliphatic rings. The van der Waals surface area contributed by atoms with Gasteiger partial charge in [0.2, 0.25) is 0 Å². The van der Waals surface area contributed by atoms with E-state index in [1.807, 2.05) is 26.0 Å². The van der Waals surface area contributed by atoms with Gasteiger partial charge < -0.3 is 4.74 Å². The number of benzene rings is 1. The Morgan fingerprint density at radius 2 is 2.00 bits per heavy atom. The maximum absolute atomic E-state index is 13.1. The number of Topliss-reactive ketones (excluding diaryl/α,β-unsaturated/α-hetero) is 2. The number of ether oxygens (including phenoxy) is 1. The highest BCUT2D eigenvalue weighted by molar-refractivity contribution is 6.05. The summed E-state index contributed by atoms with van der Waals surface area (Å²) in [5.74, 6) is 1.32. The Kier molecular flexibility index (Phi) is 5.61. The Morgan fingerprint density at radius 3 is 2.61 bits per heavy atom. The van der Waals surface area contributed by atoms with Gasteiger partial charge in [-0.05, 0) is 49.4 Å². The van der Waals surface area contributed by atoms with Crippen LogP contribution in [0.1, 0.15) is 73.9 Å². The Labute approximate surface area is 139 Å². The molecule has 0 aliphatic heterocycles. The van der Waals surface area contributed by atoms with Crippen molar-refractivity contribution in [3.8, 4) is 5.75 Å². The second-order valence-corrected chi connectivity index (χ2v) is 6.70. The van der Waals surface area contributed by atoms with E-state index in [9.17, 15) is 9.59 Å². The summed E-state index contributed by atoms with van der Waals surface area (Å²) in [6, 6.07) is 3.79. The quantitative estimate of drug-likeness (QED) is 0.699. The van der Waals surface area contributed by atoms with Crippen molar-refractivity contribution in [2.24, 2.45) is 5.41 Å². The van der Waals surface area contributed by atoms with Gasteiger partial charge in [0.25, 0.3) is 0 Å². The third-order valence-corrected chi connectivity index (χ3v) is 5.30. The first-order chi connectivity index (χ1) is 11.0. The normalized spacial score (nSPS) is 19.7. The van der Waals surface area contributed by atoms with Gasteiger partial charge in [-0.1, -0.05) is 26.7 Å². The lowest BCUT2D eigenvalue weighted by Gasteiger charge is -2.27. The zero-order valence-electron chi connectivity index (χ0n) is 14.8. The number of ketones is 2. The topological polar surface area (TPSA) is 43.4 Å². The molecule has 0 aromatic heterocycles. The average molecular weight is 316 g/mol. The van der Waals surface area contributed by atoms with E-state index in [4.69, 9.17) is 4.74 Å². The summed E-state index contributed by atoms with van der Waals surface area (Å²) < 4.78 is 5.40. The summed E-state index contributed by atoms with van der Waals surface area (Å²) >= 11 is 0. The zero-order chi connectivity index (χ0) is 17.0. The number of carbonyl (C=O) groups is 2. The maximum Gasteiger partial charge on any atom is 0.169 e. The molecule has 0 saturated carbocycles. The van der Waals surface area contributed by atoms with Crippen LogP contribution in [-0.2, 0) is 11.2 Å². The molecule has 3 nitrogen and oxygen atoms in total. The fourth-order valence-electron chi connectivity index (χ4n) is 3.70. The van der Waals surface area contributed by atoms with Crippen LogP contribution in [0, 0.1) is 12.3 Å². The summed E-state index contributed by atoms with van der Waals surface area (Å²) in [6.07, 6.45) is 5.45. The molecule has 0 N–H and O–H groups in total. The van der Waals surface area contributed by atoms with Crippen LogP contribution in [-0.4, -0.2) is 18.7 Å². The number of hydrogen-bond acceptors (Lipinski definition) is 3. The second kappa shape index (κ2) is 7.29. The Balaban J connectivity index is 2.35. The van der Waals surface area contributed by atoms with Gasteiger partial charge in [0.05, 0.1) is 7.11 Å². The largest absolute Gasteiger partial charge is 0.496 e. The lowest BCUT2D eigenvalue weighted by Crippen LogP contribution is -2.29. The number of carbonyl (C=O) groups excluding carboxylic acids is 2. The van der Waals surface area contributed by atoms with Crippen LogP contribution in [0.3, 0.4) is 0 Å². The van der Waals surface area contributed by atoms with Crippen LogP contribution in [0.2, 0.25) is 0 Å². The molecule has 3 heteroatoms. The SMILES string of the molecule is CCCCC1(CCC(=O)CC)Cc2c(ccc(OC)c2C)C1=O. The summed E-state index contributed by atoms with van der Waals surface area (Å²) in [5.41, 5.74) is 2.64. The standard InChI is InChI=1S/C20H28O3/c1-5-7-11-20(12-10-15(21)6-2)13-17-14(3)18(23-4)9-8-16(17)19(20)22/h8-9H,5-7,10-13H2,1-4H3. The van der Waals surface area contributed by atoms with Gasteiger partial charge in [-0.25, -0.2) is 0 Å². The smallest absolute Gasteiger partial charge is 0.169 e. The highest BCUT2D eigenvalue weighted by Gasteiger charge is 2.45. The molecule has 0 radical (unpaired) electrons. The maximum atomic E-state index is 13.1. The third-order valence-electron chi connectivity index (χ3n) is 5.30. The fourth-order valence-corrected chi connectivity index (χ4v) is 3.70. The molecular weight excluding hydrogens is 288 g/mol. The van der Waals surface area contributed by atoms with Gasteiger partial charge in [-0.3, -0.25) is 9.59 Å². The van der Waals surface area contributed by atoms with Crippen molar-refractivity contribution in [2.75, 3.05) is 7.11 Å². The number of rotatable bonds is 8. The molecule has 0 fully saturated rings. The first-order valence-electron chi connectivity index (χ1n) is 8.72. The van der Waals surface area contributed by atoms with E-state index in [2.05, 4.69) is 6.92 Å². The predicted octanol–water partition coefficient (Wildman–Crippen LogP) is 4.68. The second-order valence-electron chi connectivity index (χ2n) is 6.70. The minimum absolute atomic E-state index is 0.232. The monoisotopic (exact) mass is 316 g/mol. The van der Waals surface area contributed by atoms with E-state index in [-0.39, 0.29) is 17.0 Å². The highest BCUT2D eigenvalue weighted by Crippen LogP contribution is 2.46. The van der Waals surface area contributed by atoms with E-state index in [0.29, 0.717) is 19.3 Å². The molecule has 1 unspecified atom stereocenters. The van der Waals surface area contributed by atoms with Gasteiger partial charge >= 0.3 is 0 Å². The summed E-state index contributed by atoms with van der Waals surface area (Å²) in [4.78, 5) is 24.9. The molecule has 0 amide bonds. The van der Waals surface area contributed by atoms with E-state index in [1.54, 1.807) is 7.11 Å². The Morgan fingerprint density at radius 1 is 1.26 bits per heavy atom. The third kappa shape index (κ3) is 3.34. The molecule has 1 aliphatic carbocycles. The molecule has 0 spiro atoms. The minimum Gasteiger partial charge on any atom is -0.496 e. The highest BCUT2D eigenvalue weighted by atomic mass is 16.5. The van der Waals surface area contributed by atoms with E-state index >= 15 is 0 Å². The van der Waals surface area contributed by atoms with Crippen molar-refractivity contribution in [3.63, 3.8) is 0 Å². The lowest BCUT2D eigenvalue weighted by molar-refractivity contribution is -0.119. The minimum atomic E-state index is -0.389. The predicted molar refractivity (Wildman–Crippen MR) is 92.3 cm³/mol. The molecule has 0 saturated heterocycles. The van der Waals surface area contributed by atoms with Crippen molar-refractivity contribution in [2.45, 2.75) is 65.7 Å². The van der Waals surface area contributed by atoms with Crippen molar-refractivity contribution in [1.82, 2.24) is 0 Å². The Hall–Kier alpha value is -1.64. The summed E-state index contributed by atoms with van der Waals surface area (Å²) in [5, 5.41) is 0. The summed E-state index contributed by atoms with van der Waals surface area (Å²) in [6.45, 7) is 6.06. The molecule has 1 aromatic carbocycles. The molecule has 0 bridgehead atoms. The first kappa shape index (κ1) is 17.7. The van der Waals surface area contributed by atoms with Crippen molar-refractivity contribution >= 4 is 11.6 Å². The number of methoxy groups -OCH3 is 1. The van der Waals surface area contributed by atoms with E-state index in [1.165, 1.54) is 0 Å². The first-order valence-corrected chi connectivity index (χ1v) is 8.72. The van der Waals surface area contributed by atoms with Gasteiger partial charge in [-0.15, -0.1) is 0 Å². The molecule has 0 heterocycles. The lowest BCUT2D eigenvalue weighted by atomic mass is 9.74. The van der Waals surface area contributed by atoms with Crippen molar-refractivity contribution < 1.29 is 14.3 Å². The number of fused-ring (bicyclic) bond motifs is 1. The van der Waals surface area contributed by atoms with E-state index in [0.717, 1.165) is 48.1 Å². The molecule has 2 rings (SSSR count). The van der Waals surface area contributed by atoms with Crippen molar-refractivity contribution in [1.29, 1.82) is 0 Å². The fraction of sp³-hybridized carbons (Fsp3) is 0.600. The van der Waals surface area contributed by atoms with Crippen LogP contribution in [0.4, 0.5) is 0 Å². The average Bonchev–Trinajstić information content (AvgIpc) is 2.85. The van der Waals surface area contributed by atoms with E-state index < -0.39 is 0 Å². The molecule has 23 heavy (non-hydrogen) atoms. The van der Waals surface area contributed by atoms with Crippen molar-refractivity contribution in [3.05, 3.63) is 28.8 Å². The zero-order valence-corrected chi connectivity index (χ0v) is 14.8. The van der Waals surface area contributed by atoms with Crippen LogP contribution >= 0.6 is 0 Å². The number of hydrogen-bond donors (Lipinski definition) is 0. The molecule has 126 valence electrons. The molecule has 1 aromatic rings. The summed E-state index contributed by atoms with van der Waals surface area (Å²) in [7, 11) is 1.66. The number of unbranched alkanes of at least 4 members (excludes halogenated alkanes) is 1. The Bertz CT molecular complexity index is 603. The molecule has 1 atom stereocenters. The van der Waals surface area contributed by atoms with Gasteiger partial charge in [0.15, 0.2) is 5.78 Å². The van der Waals surface area contributed by atoms with Gasteiger partial charge in [0.1, 0.15) is 11.5 Å². The molecular formula is C20H28O3. The van der Waals surface area contributed by atoms with Crippen LogP contribution in [0.5, 0.6) is 5.75 Å². The van der Waals surface area contributed by atoms with Gasteiger partial charge in [-0.2, -0.15) is 0 Å². The van der Waals surface area contributed by atoms with Crippen LogP contribution in [0.25, 0.3) is 0 Å². The van der Waals surface area contributed by atoms with Crippen LogP contribution < -0.4 is 4.74 Å². The van der Waals surface area contributed by atoms with Gasteiger partial charge in [0, 0.05) is 23.8 Å². The van der Waals surface area contributed by atoms with Crippen LogP contribution in [0.15, 0.2) is 12.1 Å².